The summed E-state index contributed by atoms with van der Waals surface area (Å²) in [5.74, 6) is -0.304. The van der Waals surface area contributed by atoms with Crippen molar-refractivity contribution >= 4 is 17.8 Å². The molecule has 1 saturated carbocycles. The molecule has 0 heterocycles. The maximum atomic E-state index is 11.9. The predicted octanol–water partition coefficient (Wildman–Crippen LogP) is 1.30. The Hall–Kier alpha value is -2.57. The highest BCUT2D eigenvalue weighted by Crippen LogP contribution is 2.20. The van der Waals surface area contributed by atoms with Crippen LogP contribution in [0.25, 0.3) is 0 Å². The van der Waals surface area contributed by atoms with Gasteiger partial charge in [0.05, 0.1) is 13.2 Å². The highest BCUT2D eigenvalue weighted by atomic mass is 16.5. The van der Waals surface area contributed by atoms with Crippen LogP contribution in [-0.2, 0) is 25.5 Å². The molecule has 0 radical (unpaired) electrons. The molecule has 0 spiro atoms. The Morgan fingerprint density at radius 3 is 2.65 bits per heavy atom. The first-order valence-electron chi connectivity index (χ1n) is 8.89. The standard InChI is InChI=1S/C19H26N2O5/c1-3-25-16-7-5-4-6-14(16)8-11-19(24)26-13-18(23)21(2)12-17(22)20-15-9-10-15/h4-7,15H,3,8-13H2,1-2H3,(H,20,22). The summed E-state index contributed by atoms with van der Waals surface area (Å²) < 4.78 is 10.5. The summed E-state index contributed by atoms with van der Waals surface area (Å²) in [6.07, 6.45) is 2.62. The smallest absolute Gasteiger partial charge is 0.306 e. The van der Waals surface area contributed by atoms with Gasteiger partial charge in [-0.1, -0.05) is 18.2 Å². The molecule has 142 valence electrons. The van der Waals surface area contributed by atoms with Crippen LogP contribution in [0.4, 0.5) is 0 Å². The van der Waals surface area contributed by atoms with E-state index >= 15 is 0 Å². The normalized spacial score (nSPS) is 13.0. The zero-order chi connectivity index (χ0) is 18.9. The lowest BCUT2D eigenvalue weighted by atomic mass is 10.1. The summed E-state index contributed by atoms with van der Waals surface area (Å²) in [6, 6.07) is 7.77. The topological polar surface area (TPSA) is 84.9 Å². The van der Waals surface area contributed by atoms with Crippen molar-refractivity contribution in [2.75, 3.05) is 26.8 Å². The SMILES string of the molecule is CCOc1ccccc1CCC(=O)OCC(=O)N(C)CC(=O)NC1CC1. The number of likely N-dealkylation sites (N-methyl/N-ethyl adjacent to an activating group) is 1. The number of nitrogens with one attached hydrogen (secondary N) is 1. The van der Waals surface area contributed by atoms with Gasteiger partial charge in [-0.3, -0.25) is 14.4 Å². The Bertz CT molecular complexity index is 643. The van der Waals surface area contributed by atoms with E-state index in [0.29, 0.717) is 13.0 Å². The molecule has 2 amide bonds. The first-order chi connectivity index (χ1) is 12.5. The average Bonchev–Trinajstić information content (AvgIpc) is 3.42. The number of esters is 1. The van der Waals surface area contributed by atoms with Gasteiger partial charge >= 0.3 is 5.97 Å². The number of amides is 2. The fraction of sp³-hybridized carbons (Fsp3) is 0.526. The molecule has 1 aliphatic rings. The second-order valence-electron chi connectivity index (χ2n) is 6.29. The number of hydrogen-bond donors (Lipinski definition) is 1. The Balaban J connectivity index is 1.69. The van der Waals surface area contributed by atoms with E-state index in [1.54, 1.807) is 0 Å². The van der Waals surface area contributed by atoms with E-state index in [9.17, 15) is 14.4 Å². The summed E-state index contributed by atoms with van der Waals surface area (Å²) >= 11 is 0. The van der Waals surface area contributed by atoms with Crippen molar-refractivity contribution in [3.8, 4) is 5.75 Å². The predicted molar refractivity (Wildman–Crippen MR) is 95.7 cm³/mol. The van der Waals surface area contributed by atoms with Gasteiger partial charge in [0.2, 0.25) is 5.91 Å². The molecular weight excluding hydrogens is 336 g/mol. The van der Waals surface area contributed by atoms with Crippen LogP contribution >= 0.6 is 0 Å². The maximum Gasteiger partial charge on any atom is 0.306 e. The van der Waals surface area contributed by atoms with Crippen molar-refractivity contribution < 1.29 is 23.9 Å². The fourth-order valence-corrected chi connectivity index (χ4v) is 2.37. The average molecular weight is 362 g/mol. The van der Waals surface area contributed by atoms with Crippen LogP contribution in [0.2, 0.25) is 0 Å². The highest BCUT2D eigenvalue weighted by Gasteiger charge is 2.24. The van der Waals surface area contributed by atoms with Gasteiger partial charge in [-0.05, 0) is 37.8 Å². The third-order valence-electron chi connectivity index (χ3n) is 3.98. The van der Waals surface area contributed by atoms with E-state index in [-0.39, 0.29) is 31.5 Å². The molecule has 1 aliphatic carbocycles. The van der Waals surface area contributed by atoms with Gasteiger partial charge < -0.3 is 19.7 Å². The lowest BCUT2D eigenvalue weighted by Crippen LogP contribution is -2.40. The number of carbonyl (C=O) groups is 3. The molecule has 0 bridgehead atoms. The molecule has 0 saturated heterocycles. The monoisotopic (exact) mass is 362 g/mol. The van der Waals surface area contributed by atoms with Crippen molar-refractivity contribution in [2.24, 2.45) is 0 Å². The molecule has 0 atom stereocenters. The Morgan fingerprint density at radius 1 is 1.23 bits per heavy atom. The molecular formula is C19H26N2O5. The molecule has 26 heavy (non-hydrogen) atoms. The largest absolute Gasteiger partial charge is 0.494 e. The molecule has 1 N–H and O–H groups in total. The summed E-state index contributed by atoms with van der Waals surface area (Å²) in [6.45, 7) is 2.06. The Labute approximate surface area is 153 Å². The first kappa shape index (κ1) is 19.8. The van der Waals surface area contributed by atoms with E-state index < -0.39 is 11.9 Å². The zero-order valence-electron chi connectivity index (χ0n) is 15.3. The third kappa shape index (κ3) is 6.74. The third-order valence-corrected chi connectivity index (χ3v) is 3.98. The van der Waals surface area contributed by atoms with Crippen LogP contribution in [0.1, 0.15) is 31.7 Å². The van der Waals surface area contributed by atoms with Gasteiger partial charge in [-0.2, -0.15) is 0 Å². The maximum absolute atomic E-state index is 11.9. The molecule has 1 fully saturated rings. The van der Waals surface area contributed by atoms with Crippen LogP contribution < -0.4 is 10.1 Å². The van der Waals surface area contributed by atoms with E-state index in [0.717, 1.165) is 24.2 Å². The highest BCUT2D eigenvalue weighted by molar-refractivity contribution is 5.86. The van der Waals surface area contributed by atoms with Gasteiger partial charge in [0.25, 0.3) is 5.91 Å². The van der Waals surface area contributed by atoms with Crippen molar-refractivity contribution in [2.45, 2.75) is 38.6 Å². The zero-order valence-corrected chi connectivity index (χ0v) is 15.3. The number of para-hydroxylation sites is 1. The number of ether oxygens (including phenoxy) is 2. The van der Waals surface area contributed by atoms with Crippen LogP contribution in [0.15, 0.2) is 24.3 Å². The molecule has 1 aromatic carbocycles. The Morgan fingerprint density at radius 2 is 1.96 bits per heavy atom. The van der Waals surface area contributed by atoms with Gasteiger partial charge in [0.1, 0.15) is 5.75 Å². The van der Waals surface area contributed by atoms with E-state index in [2.05, 4.69) is 5.32 Å². The van der Waals surface area contributed by atoms with E-state index in [4.69, 9.17) is 9.47 Å². The molecule has 2 rings (SSSR count). The van der Waals surface area contributed by atoms with E-state index in [1.807, 2.05) is 31.2 Å². The van der Waals surface area contributed by atoms with Gasteiger partial charge in [-0.15, -0.1) is 0 Å². The second kappa shape index (κ2) is 9.79. The van der Waals surface area contributed by atoms with Gasteiger partial charge in [-0.25, -0.2) is 0 Å². The van der Waals surface area contributed by atoms with Crippen molar-refractivity contribution in [1.82, 2.24) is 10.2 Å². The van der Waals surface area contributed by atoms with Gasteiger partial charge in [0.15, 0.2) is 6.61 Å². The molecule has 0 aromatic heterocycles. The summed E-state index contributed by atoms with van der Waals surface area (Å²) in [4.78, 5) is 36.7. The summed E-state index contributed by atoms with van der Waals surface area (Å²) in [5, 5.41) is 2.81. The number of nitrogens with zero attached hydrogens (tertiary/aromatic N) is 1. The minimum atomic E-state index is -0.458. The lowest BCUT2D eigenvalue weighted by Gasteiger charge is -2.16. The molecule has 0 unspecified atom stereocenters. The van der Waals surface area contributed by atoms with Crippen LogP contribution in [0, 0.1) is 0 Å². The Kier molecular flexibility index (Phi) is 7.44. The van der Waals surface area contributed by atoms with Crippen LogP contribution in [0.3, 0.4) is 0 Å². The first-order valence-corrected chi connectivity index (χ1v) is 8.89. The second-order valence-corrected chi connectivity index (χ2v) is 6.29. The quantitative estimate of drug-likeness (QED) is 0.634. The number of aryl methyl sites for hydroxylation is 1. The summed E-state index contributed by atoms with van der Waals surface area (Å²) in [5.41, 5.74) is 0.923. The summed E-state index contributed by atoms with van der Waals surface area (Å²) in [7, 11) is 1.51. The van der Waals surface area contributed by atoms with Crippen molar-refractivity contribution in [3.63, 3.8) is 0 Å². The number of benzene rings is 1. The van der Waals surface area contributed by atoms with Crippen molar-refractivity contribution in [3.05, 3.63) is 29.8 Å². The van der Waals surface area contributed by atoms with Crippen LogP contribution in [-0.4, -0.2) is 55.5 Å². The molecule has 7 heteroatoms. The number of rotatable bonds is 10. The number of hydrogen-bond acceptors (Lipinski definition) is 5. The lowest BCUT2D eigenvalue weighted by molar-refractivity contribution is -0.151. The minimum absolute atomic E-state index is 0.0331. The molecule has 1 aromatic rings. The minimum Gasteiger partial charge on any atom is -0.494 e. The van der Waals surface area contributed by atoms with Crippen molar-refractivity contribution in [1.29, 1.82) is 0 Å². The van der Waals surface area contributed by atoms with Crippen LogP contribution in [0.5, 0.6) is 5.75 Å². The molecule has 7 nitrogen and oxygen atoms in total. The van der Waals surface area contributed by atoms with E-state index in [1.165, 1.54) is 11.9 Å². The van der Waals surface area contributed by atoms with Gasteiger partial charge in [0, 0.05) is 19.5 Å². The fourth-order valence-electron chi connectivity index (χ4n) is 2.37. The molecule has 0 aliphatic heterocycles. The number of carbonyl (C=O) groups excluding carboxylic acids is 3.